The van der Waals surface area contributed by atoms with Crippen LogP contribution in [0.5, 0.6) is 0 Å². The van der Waals surface area contributed by atoms with Gasteiger partial charge in [-0.15, -0.1) is 4.41 Å². The van der Waals surface area contributed by atoms with Crippen LogP contribution < -0.4 is 5.43 Å². The lowest BCUT2D eigenvalue weighted by molar-refractivity contribution is 0.104. The molecular formula is C7H14N4O3S. The summed E-state index contributed by atoms with van der Waals surface area (Å²) < 4.78 is 22.9. The molecule has 0 saturated carbocycles. The van der Waals surface area contributed by atoms with Gasteiger partial charge in [-0.05, 0) is 13.3 Å². The Labute approximate surface area is 89.8 Å². The van der Waals surface area contributed by atoms with E-state index in [1.165, 1.54) is 0 Å². The van der Waals surface area contributed by atoms with Crippen LogP contribution in [-0.4, -0.2) is 42.7 Å². The third-order valence-corrected chi connectivity index (χ3v) is 2.64. The van der Waals surface area contributed by atoms with Crippen LogP contribution in [-0.2, 0) is 10.9 Å². The van der Waals surface area contributed by atoms with E-state index in [9.17, 15) is 13.2 Å². The van der Waals surface area contributed by atoms with Crippen molar-refractivity contribution < 1.29 is 13.2 Å². The molecule has 1 heterocycles. The minimum Gasteiger partial charge on any atom is -0.245 e. The van der Waals surface area contributed by atoms with Gasteiger partial charge in [0.25, 0.3) is 0 Å². The zero-order valence-electron chi connectivity index (χ0n) is 8.63. The van der Waals surface area contributed by atoms with Gasteiger partial charge in [0.05, 0.1) is 12.3 Å². The number of thiol groups is 1. The van der Waals surface area contributed by atoms with E-state index >= 15 is 0 Å². The average Bonchev–Trinajstić information content (AvgIpc) is 2.18. The molecule has 1 rings (SSSR count). The van der Waals surface area contributed by atoms with Gasteiger partial charge in [-0.3, -0.25) is 0 Å². The van der Waals surface area contributed by atoms with E-state index in [0.29, 0.717) is 18.7 Å². The first-order valence-electron chi connectivity index (χ1n) is 4.58. The Morgan fingerprint density at radius 2 is 2.27 bits per heavy atom. The van der Waals surface area contributed by atoms with Gasteiger partial charge in [-0.2, -0.15) is 5.10 Å². The number of hydrogen-bond donors (Lipinski definition) is 2. The Kier molecular flexibility index (Phi) is 4.04. The zero-order valence-corrected chi connectivity index (χ0v) is 9.53. The Morgan fingerprint density at radius 1 is 1.60 bits per heavy atom. The summed E-state index contributed by atoms with van der Waals surface area (Å²) in [5.41, 5.74) is 2.90. The zero-order chi connectivity index (χ0) is 11.4. The van der Waals surface area contributed by atoms with E-state index in [1.807, 2.05) is 6.92 Å². The maximum absolute atomic E-state index is 11.4. The molecule has 1 N–H and O–H groups in total. The second-order valence-electron chi connectivity index (χ2n) is 3.16. The molecule has 0 atom stereocenters. The first-order chi connectivity index (χ1) is 7.06. The number of hydrazine groups is 1. The van der Waals surface area contributed by atoms with E-state index in [0.717, 1.165) is 9.42 Å². The number of urea groups is 1. The SMILES string of the molecule is CCCN(N1CC(C)=NNC1=O)[SH](=O)=O. The van der Waals surface area contributed by atoms with Crippen molar-refractivity contribution in [1.82, 2.24) is 14.8 Å². The number of carbonyl (C=O) groups is 1. The molecule has 0 unspecified atom stereocenters. The fourth-order valence-electron chi connectivity index (χ4n) is 1.20. The fourth-order valence-corrected chi connectivity index (χ4v) is 1.89. The topological polar surface area (TPSA) is 82.1 Å². The van der Waals surface area contributed by atoms with Crippen LogP contribution in [0.4, 0.5) is 4.79 Å². The summed E-state index contributed by atoms with van der Waals surface area (Å²) in [7, 11) is -2.79. The number of carbonyl (C=O) groups excluding carboxylic acids is 1. The number of amides is 2. The molecule has 2 amide bonds. The summed E-state index contributed by atoms with van der Waals surface area (Å²) in [6, 6.07) is -0.520. The number of nitrogens with zero attached hydrogens (tertiary/aromatic N) is 3. The molecule has 0 radical (unpaired) electrons. The molecule has 0 aromatic heterocycles. The maximum Gasteiger partial charge on any atom is 0.353 e. The molecule has 0 aromatic carbocycles. The lowest BCUT2D eigenvalue weighted by Gasteiger charge is -2.31. The summed E-state index contributed by atoms with van der Waals surface area (Å²) in [5, 5.41) is 4.85. The Hall–Kier alpha value is -1.15. The Morgan fingerprint density at radius 3 is 2.80 bits per heavy atom. The first-order valence-corrected chi connectivity index (χ1v) is 5.71. The smallest absolute Gasteiger partial charge is 0.245 e. The molecule has 7 nitrogen and oxygen atoms in total. The minimum absolute atomic E-state index is 0.204. The number of hydrazone groups is 1. The van der Waals surface area contributed by atoms with Crippen LogP contribution in [0.25, 0.3) is 0 Å². The van der Waals surface area contributed by atoms with Crippen molar-refractivity contribution >= 4 is 22.6 Å². The summed E-state index contributed by atoms with van der Waals surface area (Å²) in [5.74, 6) is 0. The van der Waals surface area contributed by atoms with Crippen LogP contribution in [0.3, 0.4) is 0 Å². The molecule has 0 fully saturated rings. The van der Waals surface area contributed by atoms with Crippen LogP contribution >= 0.6 is 0 Å². The summed E-state index contributed by atoms with van der Waals surface area (Å²) >= 11 is 0. The molecule has 0 aliphatic carbocycles. The second-order valence-corrected chi connectivity index (χ2v) is 4.09. The van der Waals surface area contributed by atoms with Gasteiger partial charge in [0.1, 0.15) is 0 Å². The van der Waals surface area contributed by atoms with Crippen molar-refractivity contribution in [3.8, 4) is 0 Å². The molecule has 0 spiro atoms. The summed E-state index contributed by atoms with van der Waals surface area (Å²) in [6.45, 7) is 4.05. The summed E-state index contributed by atoms with van der Waals surface area (Å²) in [4.78, 5) is 11.4. The predicted molar refractivity (Wildman–Crippen MR) is 55.7 cm³/mol. The maximum atomic E-state index is 11.4. The minimum atomic E-state index is -2.79. The third kappa shape index (κ3) is 2.90. The van der Waals surface area contributed by atoms with Gasteiger partial charge in [0.15, 0.2) is 0 Å². The molecule has 15 heavy (non-hydrogen) atoms. The highest BCUT2D eigenvalue weighted by Crippen LogP contribution is 2.04. The Bertz CT molecular complexity index is 344. The fraction of sp³-hybridized carbons (Fsp3) is 0.714. The average molecular weight is 234 g/mol. The number of rotatable bonds is 4. The van der Waals surface area contributed by atoms with Crippen LogP contribution in [0.1, 0.15) is 20.3 Å². The summed E-state index contributed by atoms with van der Waals surface area (Å²) in [6.07, 6.45) is 0.642. The normalized spacial score (nSPS) is 16.9. The van der Waals surface area contributed by atoms with Gasteiger partial charge >= 0.3 is 6.03 Å². The van der Waals surface area contributed by atoms with Crippen LogP contribution in [0.15, 0.2) is 5.10 Å². The lowest BCUT2D eigenvalue weighted by atomic mass is 10.4. The van der Waals surface area contributed by atoms with Gasteiger partial charge < -0.3 is 0 Å². The van der Waals surface area contributed by atoms with E-state index < -0.39 is 16.9 Å². The Balaban J connectivity index is 2.83. The molecule has 0 saturated heterocycles. The molecule has 86 valence electrons. The standard InChI is InChI=1S/C7H14N4O3S/c1-3-4-11(15(13)14)10-5-6(2)8-9-7(10)12/h15H,3-5H2,1-2H3,(H,9,12). The highest BCUT2D eigenvalue weighted by atomic mass is 32.2. The highest BCUT2D eigenvalue weighted by molar-refractivity contribution is 7.69. The molecule has 0 aromatic rings. The molecule has 1 aliphatic heterocycles. The van der Waals surface area contributed by atoms with Crippen LogP contribution in [0, 0.1) is 0 Å². The predicted octanol–water partition coefficient (Wildman–Crippen LogP) is -0.459. The van der Waals surface area contributed by atoms with E-state index in [1.54, 1.807) is 6.92 Å². The molecule has 0 bridgehead atoms. The van der Waals surface area contributed by atoms with Gasteiger partial charge in [0.2, 0.25) is 10.9 Å². The van der Waals surface area contributed by atoms with Crippen molar-refractivity contribution in [2.45, 2.75) is 20.3 Å². The highest BCUT2D eigenvalue weighted by Gasteiger charge is 2.26. The van der Waals surface area contributed by atoms with Crippen molar-refractivity contribution in [2.75, 3.05) is 13.1 Å². The second kappa shape index (κ2) is 5.08. The van der Waals surface area contributed by atoms with Crippen molar-refractivity contribution in [2.24, 2.45) is 5.10 Å². The largest absolute Gasteiger partial charge is 0.353 e. The van der Waals surface area contributed by atoms with Gasteiger partial charge in [-0.1, -0.05) is 6.92 Å². The number of nitrogens with one attached hydrogen (secondary N) is 1. The van der Waals surface area contributed by atoms with E-state index in [2.05, 4.69) is 10.5 Å². The van der Waals surface area contributed by atoms with Gasteiger partial charge in [0, 0.05) is 6.54 Å². The molecule has 1 aliphatic rings. The first kappa shape index (κ1) is 11.9. The number of hydrogen-bond acceptors (Lipinski definition) is 4. The molecular weight excluding hydrogens is 220 g/mol. The molecule has 8 heteroatoms. The van der Waals surface area contributed by atoms with E-state index in [-0.39, 0.29) is 6.54 Å². The van der Waals surface area contributed by atoms with Crippen LogP contribution in [0.2, 0.25) is 0 Å². The quantitative estimate of drug-likeness (QED) is 0.646. The van der Waals surface area contributed by atoms with Crippen molar-refractivity contribution in [3.05, 3.63) is 0 Å². The van der Waals surface area contributed by atoms with Crippen molar-refractivity contribution in [1.29, 1.82) is 0 Å². The van der Waals surface area contributed by atoms with E-state index in [4.69, 9.17) is 0 Å². The lowest BCUT2D eigenvalue weighted by Crippen LogP contribution is -2.54. The van der Waals surface area contributed by atoms with Gasteiger partial charge in [-0.25, -0.2) is 23.6 Å². The third-order valence-electron chi connectivity index (χ3n) is 1.85. The monoisotopic (exact) mass is 234 g/mol. The van der Waals surface area contributed by atoms with Crippen molar-refractivity contribution in [3.63, 3.8) is 0 Å².